The van der Waals surface area contributed by atoms with Gasteiger partial charge in [-0.3, -0.25) is 4.90 Å². The van der Waals surface area contributed by atoms with Gasteiger partial charge in [0.25, 0.3) is 0 Å². The molecule has 1 aliphatic rings. The number of hydrogen-bond acceptors (Lipinski definition) is 3. The van der Waals surface area contributed by atoms with E-state index in [2.05, 4.69) is 4.90 Å². The molecular formula is C15H21F3N2O. The zero-order valence-electron chi connectivity index (χ0n) is 12.1. The molecule has 118 valence electrons. The SMILES string of the molecule is CCC(O)c1ccc(N2CCN(CC(F)(F)F)CC2)cc1. The number of aliphatic hydroxyl groups is 1. The highest BCUT2D eigenvalue weighted by atomic mass is 19.4. The Hall–Kier alpha value is -1.27. The predicted octanol–water partition coefficient (Wildman–Crippen LogP) is 2.81. The van der Waals surface area contributed by atoms with Gasteiger partial charge in [-0.2, -0.15) is 13.2 Å². The van der Waals surface area contributed by atoms with Gasteiger partial charge in [0.05, 0.1) is 12.6 Å². The van der Waals surface area contributed by atoms with Crippen LogP contribution in [0, 0.1) is 0 Å². The van der Waals surface area contributed by atoms with Gasteiger partial charge in [0.2, 0.25) is 0 Å². The summed E-state index contributed by atoms with van der Waals surface area (Å²) in [4.78, 5) is 3.51. The van der Waals surface area contributed by atoms with Crippen molar-refractivity contribution in [1.82, 2.24) is 4.90 Å². The molecule has 0 amide bonds. The summed E-state index contributed by atoms with van der Waals surface area (Å²) in [7, 11) is 0. The molecule has 1 aromatic rings. The lowest BCUT2D eigenvalue weighted by Crippen LogP contribution is -2.49. The molecule has 1 N–H and O–H groups in total. The first-order valence-electron chi connectivity index (χ1n) is 7.21. The first-order valence-corrected chi connectivity index (χ1v) is 7.21. The summed E-state index contributed by atoms with van der Waals surface area (Å²) >= 11 is 0. The van der Waals surface area contributed by atoms with Crippen LogP contribution in [0.15, 0.2) is 24.3 Å². The van der Waals surface area contributed by atoms with Crippen LogP contribution in [0.2, 0.25) is 0 Å². The van der Waals surface area contributed by atoms with Gasteiger partial charge in [0.1, 0.15) is 0 Å². The summed E-state index contributed by atoms with van der Waals surface area (Å²) in [5, 5.41) is 9.75. The first kappa shape index (κ1) is 16.1. The summed E-state index contributed by atoms with van der Waals surface area (Å²) in [6.07, 6.45) is -3.92. The van der Waals surface area contributed by atoms with Crippen LogP contribution in [-0.4, -0.2) is 48.9 Å². The molecule has 21 heavy (non-hydrogen) atoms. The zero-order valence-corrected chi connectivity index (χ0v) is 12.1. The van der Waals surface area contributed by atoms with Gasteiger partial charge in [-0.15, -0.1) is 0 Å². The molecule has 2 rings (SSSR count). The van der Waals surface area contributed by atoms with Gasteiger partial charge in [-0.05, 0) is 24.1 Å². The average molecular weight is 302 g/mol. The lowest BCUT2D eigenvalue weighted by atomic mass is 10.1. The maximum absolute atomic E-state index is 12.3. The number of anilines is 1. The molecule has 1 fully saturated rings. The van der Waals surface area contributed by atoms with E-state index in [1.807, 2.05) is 31.2 Å². The molecule has 0 aliphatic carbocycles. The standard InChI is InChI=1S/C15H21F3N2O/c1-2-14(21)12-3-5-13(6-4-12)20-9-7-19(8-10-20)11-15(16,17)18/h3-6,14,21H,2,7-11H2,1H3. The molecule has 0 bridgehead atoms. The summed E-state index contributed by atoms with van der Waals surface area (Å²) in [6.45, 7) is 3.09. The van der Waals surface area contributed by atoms with Crippen molar-refractivity contribution in [3.05, 3.63) is 29.8 Å². The van der Waals surface area contributed by atoms with E-state index in [9.17, 15) is 18.3 Å². The Balaban J connectivity index is 1.90. The van der Waals surface area contributed by atoms with Crippen molar-refractivity contribution in [1.29, 1.82) is 0 Å². The first-order chi connectivity index (χ1) is 9.89. The maximum atomic E-state index is 12.3. The fraction of sp³-hybridized carbons (Fsp3) is 0.600. The Labute approximate surface area is 123 Å². The number of hydrogen-bond donors (Lipinski definition) is 1. The van der Waals surface area contributed by atoms with Gasteiger partial charge in [-0.25, -0.2) is 0 Å². The molecule has 0 saturated carbocycles. The van der Waals surface area contributed by atoms with E-state index >= 15 is 0 Å². The molecule has 1 unspecified atom stereocenters. The van der Waals surface area contributed by atoms with Crippen LogP contribution in [0.5, 0.6) is 0 Å². The number of rotatable bonds is 4. The Morgan fingerprint density at radius 2 is 1.67 bits per heavy atom. The van der Waals surface area contributed by atoms with Crippen LogP contribution >= 0.6 is 0 Å². The zero-order chi connectivity index (χ0) is 15.5. The molecule has 1 atom stereocenters. The number of benzene rings is 1. The third-order valence-electron chi connectivity index (χ3n) is 3.80. The second-order valence-electron chi connectivity index (χ2n) is 5.39. The van der Waals surface area contributed by atoms with Crippen molar-refractivity contribution >= 4 is 5.69 Å². The molecule has 3 nitrogen and oxygen atoms in total. The minimum atomic E-state index is -4.12. The number of aliphatic hydroxyl groups excluding tert-OH is 1. The van der Waals surface area contributed by atoms with Crippen LogP contribution in [0.1, 0.15) is 25.0 Å². The lowest BCUT2D eigenvalue weighted by Gasteiger charge is -2.36. The molecule has 0 spiro atoms. The predicted molar refractivity (Wildman–Crippen MR) is 76.4 cm³/mol. The molecular weight excluding hydrogens is 281 g/mol. The third-order valence-corrected chi connectivity index (χ3v) is 3.80. The van der Waals surface area contributed by atoms with Gasteiger partial charge >= 0.3 is 6.18 Å². The second kappa shape index (κ2) is 6.66. The van der Waals surface area contributed by atoms with E-state index in [1.165, 1.54) is 4.90 Å². The van der Waals surface area contributed by atoms with Crippen LogP contribution < -0.4 is 4.90 Å². The highest BCUT2D eigenvalue weighted by Gasteiger charge is 2.32. The molecule has 1 saturated heterocycles. The fourth-order valence-electron chi connectivity index (χ4n) is 2.56. The normalized spacial score (nSPS) is 18.8. The minimum absolute atomic E-state index is 0.416. The van der Waals surface area contributed by atoms with Crippen LogP contribution in [0.25, 0.3) is 0 Å². The minimum Gasteiger partial charge on any atom is -0.388 e. The van der Waals surface area contributed by atoms with Crippen LogP contribution in [0.3, 0.4) is 0 Å². The molecule has 6 heteroatoms. The van der Waals surface area contributed by atoms with Gasteiger partial charge in [0.15, 0.2) is 0 Å². The van der Waals surface area contributed by atoms with E-state index in [0.29, 0.717) is 32.6 Å². The Morgan fingerprint density at radius 1 is 1.10 bits per heavy atom. The largest absolute Gasteiger partial charge is 0.401 e. The Bertz CT molecular complexity index is 439. The fourth-order valence-corrected chi connectivity index (χ4v) is 2.56. The highest BCUT2D eigenvalue weighted by molar-refractivity contribution is 5.48. The van der Waals surface area contributed by atoms with Crippen LogP contribution in [-0.2, 0) is 0 Å². The van der Waals surface area contributed by atoms with E-state index in [4.69, 9.17) is 0 Å². The maximum Gasteiger partial charge on any atom is 0.401 e. The number of alkyl halides is 3. The number of piperazine rings is 1. The summed E-state index contributed by atoms with van der Waals surface area (Å²) in [5.41, 5.74) is 1.87. The smallest absolute Gasteiger partial charge is 0.388 e. The van der Waals surface area contributed by atoms with Crippen LogP contribution in [0.4, 0.5) is 18.9 Å². The van der Waals surface area contributed by atoms with E-state index in [1.54, 1.807) is 0 Å². The van der Waals surface area contributed by atoms with Crippen molar-refractivity contribution in [2.45, 2.75) is 25.6 Å². The van der Waals surface area contributed by atoms with Crippen molar-refractivity contribution in [3.63, 3.8) is 0 Å². The van der Waals surface area contributed by atoms with Gasteiger partial charge in [-0.1, -0.05) is 19.1 Å². The van der Waals surface area contributed by atoms with Crippen molar-refractivity contribution in [3.8, 4) is 0 Å². The van der Waals surface area contributed by atoms with E-state index in [-0.39, 0.29) is 0 Å². The Kier molecular flexibility index (Phi) is 5.11. The number of halogens is 3. The van der Waals surface area contributed by atoms with Crippen molar-refractivity contribution in [2.24, 2.45) is 0 Å². The number of nitrogens with zero attached hydrogens (tertiary/aromatic N) is 2. The van der Waals surface area contributed by atoms with Crippen molar-refractivity contribution < 1.29 is 18.3 Å². The highest BCUT2D eigenvalue weighted by Crippen LogP contribution is 2.23. The summed E-state index contributed by atoms with van der Waals surface area (Å²) < 4.78 is 37.0. The molecule has 1 aromatic carbocycles. The quantitative estimate of drug-likeness (QED) is 0.926. The molecule has 0 radical (unpaired) electrons. The van der Waals surface area contributed by atoms with Gasteiger partial charge < -0.3 is 10.0 Å². The van der Waals surface area contributed by atoms with E-state index < -0.39 is 18.8 Å². The second-order valence-corrected chi connectivity index (χ2v) is 5.39. The lowest BCUT2D eigenvalue weighted by molar-refractivity contribution is -0.146. The summed E-state index contributed by atoms with van der Waals surface area (Å²) in [6, 6.07) is 7.61. The van der Waals surface area contributed by atoms with Gasteiger partial charge in [0, 0.05) is 31.9 Å². The molecule has 1 heterocycles. The topological polar surface area (TPSA) is 26.7 Å². The monoisotopic (exact) mass is 302 g/mol. The van der Waals surface area contributed by atoms with E-state index in [0.717, 1.165) is 11.3 Å². The summed E-state index contributed by atoms with van der Waals surface area (Å²) in [5.74, 6) is 0. The molecule has 0 aromatic heterocycles. The average Bonchev–Trinajstić information content (AvgIpc) is 2.46. The Morgan fingerprint density at radius 3 is 2.14 bits per heavy atom. The third kappa shape index (κ3) is 4.61. The molecule has 1 aliphatic heterocycles. The van der Waals surface area contributed by atoms with Crippen molar-refractivity contribution in [2.75, 3.05) is 37.6 Å².